The van der Waals surface area contributed by atoms with Crippen molar-refractivity contribution in [2.45, 2.75) is 59.3 Å². The molecule has 1 saturated heterocycles. The van der Waals surface area contributed by atoms with E-state index in [0.717, 1.165) is 43.6 Å². The Morgan fingerprint density at radius 2 is 1.63 bits per heavy atom. The van der Waals surface area contributed by atoms with E-state index in [1.165, 1.54) is 13.0 Å². The Morgan fingerprint density at radius 1 is 0.930 bits per heavy atom. The maximum absolute atomic E-state index is 12.6. The fourth-order valence-electron chi connectivity index (χ4n) is 4.31. The van der Waals surface area contributed by atoms with Gasteiger partial charge in [-0.05, 0) is 67.2 Å². The number of ether oxygens (including phenoxy) is 1. The normalized spacial score (nSPS) is 13.0. The molecule has 0 spiro atoms. The van der Waals surface area contributed by atoms with E-state index in [0.29, 0.717) is 50.5 Å². The third-order valence-corrected chi connectivity index (χ3v) is 6.62. The lowest BCUT2D eigenvalue weighted by molar-refractivity contribution is -0.156. The summed E-state index contributed by atoms with van der Waals surface area (Å²) in [6, 6.07) is 11.5. The van der Waals surface area contributed by atoms with E-state index in [9.17, 15) is 19.2 Å². The van der Waals surface area contributed by atoms with E-state index in [-0.39, 0.29) is 17.7 Å². The van der Waals surface area contributed by atoms with Crippen molar-refractivity contribution >= 4 is 35.5 Å². The van der Waals surface area contributed by atoms with Gasteiger partial charge in [-0.1, -0.05) is 32.6 Å². The summed E-state index contributed by atoms with van der Waals surface area (Å²) < 4.78 is 10.8. The Hall–Kier alpha value is -4.52. The number of hydroxylamine groups is 1. The molecule has 43 heavy (non-hydrogen) atoms. The van der Waals surface area contributed by atoms with E-state index in [4.69, 9.17) is 9.15 Å². The lowest BCUT2D eigenvalue weighted by atomic mass is 10.1. The van der Waals surface area contributed by atoms with E-state index in [1.54, 1.807) is 18.2 Å². The number of hydrogen-bond donors (Lipinski definition) is 1. The van der Waals surface area contributed by atoms with Crippen LogP contribution in [-0.2, 0) is 28.8 Å². The van der Waals surface area contributed by atoms with Crippen molar-refractivity contribution in [1.82, 2.24) is 10.4 Å². The molecule has 0 radical (unpaired) electrons. The van der Waals surface area contributed by atoms with Crippen molar-refractivity contribution in [2.75, 3.05) is 37.7 Å². The van der Waals surface area contributed by atoms with Crippen LogP contribution in [0.2, 0.25) is 0 Å². The molecule has 1 fully saturated rings. The second-order valence-electron chi connectivity index (χ2n) is 10.8. The molecule has 3 rings (SSSR count). The van der Waals surface area contributed by atoms with Crippen LogP contribution in [0.4, 0.5) is 5.69 Å². The number of unbranched alkanes of at least 4 members (excludes halogenated alkanes) is 3. The largest absolute Gasteiger partial charge is 0.462 e. The van der Waals surface area contributed by atoms with Crippen LogP contribution in [-0.4, -0.2) is 61.4 Å². The summed E-state index contributed by atoms with van der Waals surface area (Å²) in [5, 5.41) is 0. The van der Waals surface area contributed by atoms with Gasteiger partial charge in [-0.25, -0.2) is 4.79 Å². The smallest absolute Gasteiger partial charge is 0.330 e. The molecule has 230 valence electrons. The summed E-state index contributed by atoms with van der Waals surface area (Å²) >= 11 is 0. The molecule has 1 aliphatic heterocycles. The van der Waals surface area contributed by atoms with Crippen molar-refractivity contribution < 1.29 is 33.2 Å². The van der Waals surface area contributed by atoms with E-state index >= 15 is 0 Å². The first-order valence-electron chi connectivity index (χ1n) is 14.8. The van der Waals surface area contributed by atoms with Gasteiger partial charge in [-0.2, -0.15) is 5.48 Å². The average Bonchev–Trinajstić information content (AvgIpc) is 3.46. The number of rotatable bonds is 12. The molecule has 0 bridgehead atoms. The molecule has 0 unspecified atom stereocenters. The van der Waals surface area contributed by atoms with Crippen molar-refractivity contribution in [1.29, 1.82) is 0 Å². The van der Waals surface area contributed by atoms with Gasteiger partial charge in [0.25, 0.3) is 5.91 Å². The first-order valence-corrected chi connectivity index (χ1v) is 14.8. The minimum Gasteiger partial charge on any atom is -0.462 e. The zero-order valence-corrected chi connectivity index (χ0v) is 25.2. The van der Waals surface area contributed by atoms with Gasteiger partial charge in [-0.3, -0.25) is 14.4 Å². The maximum atomic E-state index is 12.6. The molecular weight excluding hydrogens is 550 g/mol. The molecule has 10 nitrogen and oxygen atoms in total. The minimum atomic E-state index is -0.554. The highest BCUT2D eigenvalue weighted by molar-refractivity contribution is 5.86. The quantitative estimate of drug-likeness (QED) is 0.126. The zero-order valence-electron chi connectivity index (χ0n) is 25.2. The number of amides is 2. The molecule has 0 atom stereocenters. The fourth-order valence-corrected chi connectivity index (χ4v) is 4.31. The standard InChI is InChI=1S/C33H41N3O7/c1-25(2)24-41-33(40)19-18-30-17-16-29(42-30)15-12-27-10-13-28(14-11-27)35-20-22-36(23-21-35)32(39)9-7-5-4-6-8-31(38)34-43-26(3)37/h10-11,13-14,16-19,25H,4-9,20-24H2,1-3H3,(H,34,38)/b19-18+. The number of nitrogens with one attached hydrogen (secondary N) is 1. The SMILES string of the molecule is CC(=O)ONC(=O)CCCCCCC(=O)N1CCN(c2ccc(C#Cc3ccc(/C=C/C(=O)OCC(C)C)o3)cc2)CC1. The summed E-state index contributed by atoms with van der Waals surface area (Å²) in [6.07, 6.45) is 6.89. The minimum absolute atomic E-state index is 0.167. The molecule has 2 aromatic rings. The van der Waals surface area contributed by atoms with Crippen molar-refractivity contribution in [3.63, 3.8) is 0 Å². The third kappa shape index (κ3) is 12.5. The molecule has 0 saturated carbocycles. The van der Waals surface area contributed by atoms with Crippen LogP contribution >= 0.6 is 0 Å². The van der Waals surface area contributed by atoms with Crippen molar-refractivity contribution in [3.05, 3.63) is 59.6 Å². The van der Waals surface area contributed by atoms with Gasteiger partial charge in [0.1, 0.15) is 5.76 Å². The number of anilines is 1. The van der Waals surface area contributed by atoms with Crippen molar-refractivity contribution in [3.8, 4) is 11.8 Å². The summed E-state index contributed by atoms with van der Waals surface area (Å²) in [7, 11) is 0. The van der Waals surface area contributed by atoms with Gasteiger partial charge in [0.05, 0.1) is 6.61 Å². The van der Waals surface area contributed by atoms with Crippen LogP contribution < -0.4 is 10.4 Å². The molecule has 2 heterocycles. The van der Waals surface area contributed by atoms with Crippen LogP contribution in [0.25, 0.3) is 6.08 Å². The van der Waals surface area contributed by atoms with Crippen LogP contribution in [0.1, 0.15) is 76.4 Å². The molecule has 1 N–H and O–H groups in total. The number of hydrogen-bond acceptors (Lipinski definition) is 8. The number of carbonyl (C=O) groups is 4. The zero-order chi connectivity index (χ0) is 31.0. The average molecular weight is 592 g/mol. The number of nitrogens with zero attached hydrogens (tertiary/aromatic N) is 2. The predicted molar refractivity (Wildman–Crippen MR) is 162 cm³/mol. The van der Waals surface area contributed by atoms with E-state index in [2.05, 4.69) is 27.1 Å². The molecule has 2 amide bonds. The highest BCUT2D eigenvalue weighted by Crippen LogP contribution is 2.18. The van der Waals surface area contributed by atoms with Gasteiger partial charge in [0, 0.05) is 63.3 Å². The lowest BCUT2D eigenvalue weighted by Crippen LogP contribution is -2.48. The van der Waals surface area contributed by atoms with Crippen LogP contribution in [0, 0.1) is 17.8 Å². The summed E-state index contributed by atoms with van der Waals surface area (Å²) in [5.41, 5.74) is 4.04. The van der Waals surface area contributed by atoms with Crippen LogP contribution in [0.15, 0.2) is 46.9 Å². The number of furan rings is 1. The maximum Gasteiger partial charge on any atom is 0.330 e. The lowest BCUT2D eigenvalue weighted by Gasteiger charge is -2.36. The first kappa shape index (κ1) is 33.0. The van der Waals surface area contributed by atoms with Gasteiger partial charge >= 0.3 is 11.9 Å². The van der Waals surface area contributed by atoms with Crippen LogP contribution in [0.3, 0.4) is 0 Å². The van der Waals surface area contributed by atoms with Gasteiger partial charge in [0.2, 0.25) is 5.91 Å². The van der Waals surface area contributed by atoms with Crippen molar-refractivity contribution in [2.24, 2.45) is 5.92 Å². The van der Waals surface area contributed by atoms with Gasteiger partial charge < -0.3 is 23.8 Å². The summed E-state index contributed by atoms with van der Waals surface area (Å²) in [5.74, 6) is 6.31. The first-order chi connectivity index (χ1) is 20.7. The van der Waals surface area contributed by atoms with Crippen LogP contribution in [0.5, 0.6) is 0 Å². The number of carbonyl (C=O) groups excluding carboxylic acids is 4. The highest BCUT2D eigenvalue weighted by atomic mass is 16.7. The number of piperazine rings is 1. The van der Waals surface area contributed by atoms with E-state index in [1.807, 2.05) is 43.0 Å². The molecule has 10 heteroatoms. The third-order valence-electron chi connectivity index (χ3n) is 6.62. The molecule has 1 aromatic heterocycles. The number of esters is 1. The highest BCUT2D eigenvalue weighted by Gasteiger charge is 2.21. The summed E-state index contributed by atoms with van der Waals surface area (Å²) in [4.78, 5) is 55.2. The predicted octanol–water partition coefficient (Wildman–Crippen LogP) is 4.48. The molecule has 1 aromatic carbocycles. The summed E-state index contributed by atoms with van der Waals surface area (Å²) in [6.45, 7) is 8.45. The van der Waals surface area contributed by atoms with Gasteiger partial charge in [0.15, 0.2) is 5.76 Å². The molecule has 0 aliphatic carbocycles. The fraction of sp³-hybridized carbons (Fsp3) is 0.455. The topological polar surface area (TPSA) is 118 Å². The Bertz CT molecular complexity index is 1310. The Kier molecular flexibility index (Phi) is 13.4. The van der Waals surface area contributed by atoms with E-state index < -0.39 is 11.9 Å². The Labute approximate surface area is 253 Å². The van der Waals surface area contributed by atoms with Gasteiger partial charge in [-0.15, -0.1) is 0 Å². The second-order valence-corrected chi connectivity index (χ2v) is 10.8. The molecule has 1 aliphatic rings. The monoisotopic (exact) mass is 591 g/mol. The Balaban J connectivity index is 1.35. The Morgan fingerprint density at radius 3 is 2.30 bits per heavy atom. The number of benzene rings is 1. The molecular formula is C33H41N3O7. The second kappa shape index (κ2) is 17.4.